The van der Waals surface area contributed by atoms with Crippen LogP contribution in [0.4, 0.5) is 15.8 Å². The van der Waals surface area contributed by atoms with Crippen molar-refractivity contribution in [2.75, 3.05) is 23.4 Å². The molecule has 0 spiro atoms. The van der Waals surface area contributed by atoms with E-state index in [9.17, 15) is 18.8 Å². The molecule has 2 amide bonds. The average molecular weight is 356 g/mol. The van der Waals surface area contributed by atoms with E-state index >= 15 is 0 Å². The standard InChI is InChI=1S/C19H17FN2O4/c1-12(23)13-6-7-17-16(10-13)22(19(25)11-26-17)9-8-18(24)21-15-5-3-2-4-14(15)20/h2-7,10H,8-9,11H2,1H3,(H,21,24). The Morgan fingerprint density at radius 3 is 2.73 bits per heavy atom. The molecule has 1 N–H and O–H groups in total. The fraction of sp³-hybridized carbons (Fsp3) is 0.211. The number of rotatable bonds is 5. The molecule has 1 heterocycles. The van der Waals surface area contributed by atoms with Crippen molar-refractivity contribution in [3.63, 3.8) is 0 Å². The predicted octanol–water partition coefficient (Wildman–Crippen LogP) is 2.78. The number of nitrogens with one attached hydrogen (secondary N) is 1. The van der Waals surface area contributed by atoms with E-state index in [0.29, 0.717) is 17.0 Å². The van der Waals surface area contributed by atoms with Crippen LogP contribution in [-0.4, -0.2) is 30.7 Å². The SMILES string of the molecule is CC(=O)c1ccc2c(c1)N(CCC(=O)Nc1ccccc1F)C(=O)CO2. The molecule has 1 aliphatic heterocycles. The molecule has 0 radical (unpaired) electrons. The second kappa shape index (κ2) is 7.35. The van der Waals surface area contributed by atoms with Gasteiger partial charge in [-0.15, -0.1) is 0 Å². The van der Waals surface area contributed by atoms with E-state index in [0.717, 1.165) is 0 Å². The van der Waals surface area contributed by atoms with Crippen LogP contribution in [0.25, 0.3) is 0 Å². The van der Waals surface area contributed by atoms with Crippen LogP contribution >= 0.6 is 0 Å². The number of fused-ring (bicyclic) bond motifs is 1. The van der Waals surface area contributed by atoms with Crippen LogP contribution in [0.3, 0.4) is 0 Å². The zero-order valence-electron chi connectivity index (χ0n) is 14.1. The molecule has 3 rings (SSSR count). The lowest BCUT2D eigenvalue weighted by Crippen LogP contribution is -2.40. The van der Waals surface area contributed by atoms with Crippen molar-refractivity contribution in [3.8, 4) is 5.75 Å². The highest BCUT2D eigenvalue weighted by atomic mass is 19.1. The second-order valence-corrected chi connectivity index (χ2v) is 5.85. The molecule has 0 unspecified atom stereocenters. The smallest absolute Gasteiger partial charge is 0.265 e. The molecular formula is C19H17FN2O4. The molecule has 6 nitrogen and oxygen atoms in total. The number of carbonyl (C=O) groups is 3. The molecule has 26 heavy (non-hydrogen) atoms. The number of halogens is 1. The molecule has 1 aliphatic rings. The first kappa shape index (κ1) is 17.6. The Morgan fingerprint density at radius 1 is 1.23 bits per heavy atom. The molecule has 0 fully saturated rings. The van der Waals surface area contributed by atoms with Gasteiger partial charge < -0.3 is 15.0 Å². The summed E-state index contributed by atoms with van der Waals surface area (Å²) in [6.07, 6.45) is -0.0240. The van der Waals surface area contributed by atoms with Crippen molar-refractivity contribution in [1.82, 2.24) is 0 Å². The van der Waals surface area contributed by atoms with Crippen LogP contribution < -0.4 is 15.0 Å². The summed E-state index contributed by atoms with van der Waals surface area (Å²) in [5, 5.41) is 2.48. The summed E-state index contributed by atoms with van der Waals surface area (Å²) in [5.41, 5.74) is 0.987. The van der Waals surface area contributed by atoms with Gasteiger partial charge in [0.2, 0.25) is 5.91 Å². The topological polar surface area (TPSA) is 75.7 Å². The van der Waals surface area contributed by atoms with Gasteiger partial charge >= 0.3 is 0 Å². The van der Waals surface area contributed by atoms with Gasteiger partial charge in [0, 0.05) is 18.5 Å². The van der Waals surface area contributed by atoms with Gasteiger partial charge in [-0.3, -0.25) is 14.4 Å². The van der Waals surface area contributed by atoms with E-state index in [2.05, 4.69) is 5.32 Å². The summed E-state index contributed by atoms with van der Waals surface area (Å²) in [6, 6.07) is 10.7. The molecule has 0 bridgehead atoms. The largest absolute Gasteiger partial charge is 0.482 e. The summed E-state index contributed by atoms with van der Waals surface area (Å²) in [4.78, 5) is 37.3. The normalized spacial score (nSPS) is 13.0. The first-order chi connectivity index (χ1) is 12.5. The molecule has 0 atom stereocenters. The molecular weight excluding hydrogens is 339 g/mol. The maximum absolute atomic E-state index is 13.6. The van der Waals surface area contributed by atoms with Crippen molar-refractivity contribution in [3.05, 3.63) is 53.8 Å². The van der Waals surface area contributed by atoms with E-state index in [-0.39, 0.29) is 37.0 Å². The Hall–Kier alpha value is -3.22. The maximum atomic E-state index is 13.6. The number of ketones is 1. The molecule has 2 aromatic carbocycles. The average Bonchev–Trinajstić information content (AvgIpc) is 2.62. The minimum absolute atomic E-state index is 0.0240. The van der Waals surface area contributed by atoms with E-state index in [1.165, 1.54) is 30.0 Å². The monoisotopic (exact) mass is 356 g/mol. The first-order valence-electron chi connectivity index (χ1n) is 8.08. The second-order valence-electron chi connectivity index (χ2n) is 5.85. The molecule has 2 aromatic rings. The lowest BCUT2D eigenvalue weighted by molar-refractivity contribution is -0.121. The third-order valence-electron chi connectivity index (χ3n) is 4.02. The van der Waals surface area contributed by atoms with Crippen molar-refractivity contribution in [2.45, 2.75) is 13.3 Å². The van der Waals surface area contributed by atoms with Gasteiger partial charge in [-0.1, -0.05) is 12.1 Å². The number of nitrogens with zero attached hydrogens (tertiary/aromatic N) is 1. The number of carbonyl (C=O) groups excluding carboxylic acids is 3. The summed E-state index contributed by atoms with van der Waals surface area (Å²) >= 11 is 0. The molecule has 0 aromatic heterocycles. The first-order valence-corrected chi connectivity index (χ1v) is 8.08. The van der Waals surface area contributed by atoms with Crippen LogP contribution in [0.5, 0.6) is 5.75 Å². The number of benzene rings is 2. The van der Waals surface area contributed by atoms with E-state index in [1.54, 1.807) is 24.3 Å². The maximum Gasteiger partial charge on any atom is 0.265 e. The number of hydrogen-bond donors (Lipinski definition) is 1. The molecule has 7 heteroatoms. The van der Waals surface area contributed by atoms with E-state index < -0.39 is 11.7 Å². The van der Waals surface area contributed by atoms with Gasteiger partial charge in [0.1, 0.15) is 11.6 Å². The Bertz CT molecular complexity index is 882. The van der Waals surface area contributed by atoms with Crippen molar-refractivity contribution in [2.24, 2.45) is 0 Å². The van der Waals surface area contributed by atoms with Gasteiger partial charge in [0.05, 0.1) is 11.4 Å². The van der Waals surface area contributed by atoms with Crippen molar-refractivity contribution in [1.29, 1.82) is 0 Å². The van der Waals surface area contributed by atoms with E-state index in [4.69, 9.17) is 4.74 Å². The zero-order valence-corrected chi connectivity index (χ0v) is 14.1. The van der Waals surface area contributed by atoms with Crippen LogP contribution in [0.15, 0.2) is 42.5 Å². The van der Waals surface area contributed by atoms with Crippen LogP contribution in [0.2, 0.25) is 0 Å². The Kier molecular flexibility index (Phi) is 4.97. The molecule has 134 valence electrons. The number of ether oxygens (including phenoxy) is 1. The van der Waals surface area contributed by atoms with Crippen molar-refractivity contribution < 1.29 is 23.5 Å². The summed E-state index contributed by atoms with van der Waals surface area (Å²) in [5.74, 6) is -0.914. The fourth-order valence-electron chi connectivity index (χ4n) is 2.65. The summed E-state index contributed by atoms with van der Waals surface area (Å²) in [7, 11) is 0. The third-order valence-corrected chi connectivity index (χ3v) is 4.02. The van der Waals surface area contributed by atoms with Gasteiger partial charge in [-0.2, -0.15) is 0 Å². The zero-order chi connectivity index (χ0) is 18.7. The lowest BCUT2D eigenvalue weighted by atomic mass is 10.1. The molecule has 0 aliphatic carbocycles. The van der Waals surface area contributed by atoms with Crippen molar-refractivity contribution >= 4 is 29.0 Å². The number of para-hydroxylation sites is 1. The highest BCUT2D eigenvalue weighted by molar-refractivity contribution is 6.02. The Balaban J connectivity index is 1.73. The predicted molar refractivity (Wildman–Crippen MR) is 93.9 cm³/mol. The summed E-state index contributed by atoms with van der Waals surface area (Å²) < 4.78 is 19.0. The van der Waals surface area contributed by atoms with Crippen LogP contribution in [-0.2, 0) is 9.59 Å². The quantitative estimate of drug-likeness (QED) is 0.836. The molecule has 0 saturated heterocycles. The van der Waals surface area contributed by atoms with E-state index in [1.807, 2.05) is 0 Å². The Morgan fingerprint density at radius 2 is 2.00 bits per heavy atom. The third kappa shape index (κ3) is 3.72. The number of hydrogen-bond acceptors (Lipinski definition) is 4. The minimum Gasteiger partial charge on any atom is -0.482 e. The highest BCUT2D eigenvalue weighted by Gasteiger charge is 2.26. The van der Waals surface area contributed by atoms with Gasteiger partial charge in [0.25, 0.3) is 5.91 Å². The molecule has 0 saturated carbocycles. The highest BCUT2D eigenvalue weighted by Crippen LogP contribution is 2.33. The van der Waals surface area contributed by atoms with Gasteiger partial charge in [-0.05, 0) is 37.3 Å². The summed E-state index contributed by atoms with van der Waals surface area (Å²) in [6.45, 7) is 1.39. The number of Topliss-reactive ketones (excluding diaryl/α,β-unsaturated/α-hetero) is 1. The van der Waals surface area contributed by atoms with Gasteiger partial charge in [-0.25, -0.2) is 4.39 Å². The lowest BCUT2D eigenvalue weighted by Gasteiger charge is -2.29. The van der Waals surface area contributed by atoms with Gasteiger partial charge in [0.15, 0.2) is 12.4 Å². The minimum atomic E-state index is -0.528. The number of amides is 2. The van der Waals surface area contributed by atoms with Crippen LogP contribution in [0.1, 0.15) is 23.7 Å². The van der Waals surface area contributed by atoms with Crippen LogP contribution in [0, 0.1) is 5.82 Å². The Labute approximate surface area is 149 Å². The number of anilines is 2. The fourth-order valence-corrected chi connectivity index (χ4v) is 2.65.